The molecule has 0 heterocycles. The minimum atomic E-state index is -1.09. The molecule has 0 saturated heterocycles. The number of hydrogen-bond acceptors (Lipinski definition) is 2. The van der Waals surface area contributed by atoms with Crippen LogP contribution in [0, 0.1) is 0 Å². The molecule has 2 amide bonds. The van der Waals surface area contributed by atoms with Crippen molar-refractivity contribution in [3.8, 4) is 0 Å². The molecule has 3 N–H and O–H groups in total. The molecule has 2 aromatic carbocycles. The summed E-state index contributed by atoms with van der Waals surface area (Å²) in [5, 5.41) is 15.8. The van der Waals surface area contributed by atoms with E-state index in [1.807, 2.05) is 60.7 Å². The van der Waals surface area contributed by atoms with E-state index in [2.05, 4.69) is 10.6 Å². The number of hydrogen-bond donors (Lipinski definition) is 3. The van der Waals surface area contributed by atoms with Gasteiger partial charge in [-0.05, 0) is 18.1 Å². The Morgan fingerprint density at radius 2 is 1.57 bits per heavy atom. The lowest BCUT2D eigenvalue weighted by molar-refractivity contribution is 0.0594. The summed E-state index contributed by atoms with van der Waals surface area (Å²) in [4.78, 5) is 11.8. The zero-order chi connectivity index (χ0) is 15.1. The van der Waals surface area contributed by atoms with E-state index in [9.17, 15) is 9.90 Å². The molecule has 110 valence electrons. The molecule has 0 fully saturated rings. The molecule has 4 heteroatoms. The molecule has 0 aliphatic heterocycles. The van der Waals surface area contributed by atoms with Crippen molar-refractivity contribution < 1.29 is 9.90 Å². The van der Waals surface area contributed by atoms with Crippen molar-refractivity contribution in [3.05, 3.63) is 71.8 Å². The van der Waals surface area contributed by atoms with E-state index in [1.54, 1.807) is 6.92 Å². The molecule has 0 radical (unpaired) electrons. The van der Waals surface area contributed by atoms with Gasteiger partial charge in [-0.2, -0.15) is 0 Å². The van der Waals surface area contributed by atoms with Gasteiger partial charge in [-0.25, -0.2) is 4.79 Å². The van der Waals surface area contributed by atoms with Crippen LogP contribution in [0.15, 0.2) is 60.7 Å². The van der Waals surface area contributed by atoms with Gasteiger partial charge in [-0.15, -0.1) is 0 Å². The second-order valence-electron chi connectivity index (χ2n) is 5.16. The Labute approximate surface area is 124 Å². The van der Waals surface area contributed by atoms with Crippen LogP contribution in [0.5, 0.6) is 0 Å². The van der Waals surface area contributed by atoms with E-state index < -0.39 is 5.60 Å². The summed E-state index contributed by atoms with van der Waals surface area (Å²) in [5.74, 6) is 0. The molecule has 0 spiro atoms. The molecule has 0 bridgehead atoms. The highest BCUT2D eigenvalue weighted by Crippen LogP contribution is 2.18. The topological polar surface area (TPSA) is 61.4 Å². The van der Waals surface area contributed by atoms with Crippen LogP contribution < -0.4 is 10.6 Å². The second kappa shape index (κ2) is 6.90. The van der Waals surface area contributed by atoms with Gasteiger partial charge in [-0.1, -0.05) is 60.7 Å². The predicted molar refractivity (Wildman–Crippen MR) is 82.7 cm³/mol. The standard InChI is InChI=1S/C17H20N2O2/c1-17(21,15-10-6-3-7-11-15)13-19-16(20)18-12-14-8-4-2-5-9-14/h2-11,21H,12-13H2,1H3,(H2,18,19,20)/t17-/m1/s1. The molecule has 1 atom stereocenters. The molecule has 0 aliphatic rings. The fourth-order valence-electron chi connectivity index (χ4n) is 1.99. The highest BCUT2D eigenvalue weighted by molar-refractivity contribution is 5.73. The number of nitrogens with one attached hydrogen (secondary N) is 2. The molecule has 0 unspecified atom stereocenters. The molecular formula is C17H20N2O2. The second-order valence-corrected chi connectivity index (χ2v) is 5.16. The maximum atomic E-state index is 11.8. The highest BCUT2D eigenvalue weighted by Gasteiger charge is 2.23. The van der Waals surface area contributed by atoms with Crippen LogP contribution in [0.25, 0.3) is 0 Å². The molecule has 21 heavy (non-hydrogen) atoms. The molecule has 2 rings (SSSR count). The number of carbonyl (C=O) groups is 1. The average molecular weight is 284 g/mol. The van der Waals surface area contributed by atoms with Crippen LogP contribution in [-0.2, 0) is 12.1 Å². The number of benzene rings is 2. The van der Waals surface area contributed by atoms with Crippen LogP contribution in [-0.4, -0.2) is 17.7 Å². The monoisotopic (exact) mass is 284 g/mol. The van der Waals surface area contributed by atoms with Crippen molar-refractivity contribution in [2.75, 3.05) is 6.54 Å². The fourth-order valence-corrected chi connectivity index (χ4v) is 1.99. The molecular weight excluding hydrogens is 264 g/mol. The van der Waals surface area contributed by atoms with Crippen LogP contribution in [0.2, 0.25) is 0 Å². The van der Waals surface area contributed by atoms with Gasteiger partial charge < -0.3 is 15.7 Å². The zero-order valence-corrected chi connectivity index (χ0v) is 12.0. The summed E-state index contributed by atoms with van der Waals surface area (Å²) in [5.41, 5.74) is 0.710. The highest BCUT2D eigenvalue weighted by atomic mass is 16.3. The zero-order valence-electron chi connectivity index (χ0n) is 12.0. The van der Waals surface area contributed by atoms with Gasteiger partial charge in [0.2, 0.25) is 0 Å². The van der Waals surface area contributed by atoms with E-state index >= 15 is 0 Å². The van der Waals surface area contributed by atoms with Gasteiger partial charge in [0.25, 0.3) is 0 Å². The average Bonchev–Trinajstić information content (AvgIpc) is 2.53. The number of aliphatic hydroxyl groups is 1. The Hall–Kier alpha value is -2.33. The maximum absolute atomic E-state index is 11.8. The van der Waals surface area contributed by atoms with Crippen molar-refractivity contribution >= 4 is 6.03 Å². The first-order chi connectivity index (χ1) is 10.1. The number of urea groups is 1. The third-order valence-electron chi connectivity index (χ3n) is 3.28. The Morgan fingerprint density at radius 3 is 2.19 bits per heavy atom. The van der Waals surface area contributed by atoms with E-state index in [0.717, 1.165) is 11.1 Å². The van der Waals surface area contributed by atoms with Crippen molar-refractivity contribution in [1.29, 1.82) is 0 Å². The predicted octanol–water partition coefficient (Wildman–Crippen LogP) is 2.39. The minimum absolute atomic E-state index is 0.150. The van der Waals surface area contributed by atoms with Gasteiger partial charge in [0.05, 0.1) is 6.54 Å². The Morgan fingerprint density at radius 1 is 1.00 bits per heavy atom. The van der Waals surface area contributed by atoms with Crippen LogP contribution in [0.3, 0.4) is 0 Å². The van der Waals surface area contributed by atoms with Crippen molar-refractivity contribution in [3.63, 3.8) is 0 Å². The first kappa shape index (κ1) is 15.1. The van der Waals surface area contributed by atoms with E-state index in [1.165, 1.54) is 0 Å². The van der Waals surface area contributed by atoms with Crippen molar-refractivity contribution in [2.45, 2.75) is 19.1 Å². The summed E-state index contributed by atoms with van der Waals surface area (Å²) in [6.45, 7) is 2.29. The van der Waals surface area contributed by atoms with Crippen LogP contribution >= 0.6 is 0 Å². The Kier molecular flexibility index (Phi) is 4.95. The van der Waals surface area contributed by atoms with Crippen LogP contribution in [0.4, 0.5) is 4.79 Å². The van der Waals surface area contributed by atoms with Gasteiger partial charge in [0, 0.05) is 6.54 Å². The summed E-state index contributed by atoms with van der Waals surface area (Å²) in [6, 6.07) is 18.7. The van der Waals surface area contributed by atoms with Gasteiger partial charge in [-0.3, -0.25) is 0 Å². The SMILES string of the molecule is C[C@@](O)(CNC(=O)NCc1ccccc1)c1ccccc1. The maximum Gasteiger partial charge on any atom is 0.315 e. The molecule has 2 aromatic rings. The van der Waals surface area contributed by atoms with Gasteiger partial charge in [0.1, 0.15) is 5.60 Å². The number of carbonyl (C=O) groups excluding carboxylic acids is 1. The fraction of sp³-hybridized carbons (Fsp3) is 0.235. The number of rotatable bonds is 5. The molecule has 4 nitrogen and oxygen atoms in total. The van der Waals surface area contributed by atoms with Gasteiger partial charge in [0.15, 0.2) is 0 Å². The summed E-state index contributed by atoms with van der Waals surface area (Å²) in [7, 11) is 0. The summed E-state index contributed by atoms with van der Waals surface area (Å²) >= 11 is 0. The Bertz CT molecular complexity index is 568. The van der Waals surface area contributed by atoms with E-state index in [-0.39, 0.29) is 12.6 Å². The normalized spacial score (nSPS) is 13.2. The van der Waals surface area contributed by atoms with Crippen LogP contribution in [0.1, 0.15) is 18.1 Å². The molecule has 0 saturated carbocycles. The third kappa shape index (κ3) is 4.61. The lowest BCUT2D eigenvalue weighted by Gasteiger charge is -2.24. The lowest BCUT2D eigenvalue weighted by Crippen LogP contribution is -2.43. The third-order valence-corrected chi connectivity index (χ3v) is 3.28. The van der Waals surface area contributed by atoms with Crippen molar-refractivity contribution in [1.82, 2.24) is 10.6 Å². The van der Waals surface area contributed by atoms with Crippen molar-refractivity contribution in [2.24, 2.45) is 0 Å². The first-order valence-electron chi connectivity index (χ1n) is 6.91. The molecule has 0 aromatic heterocycles. The lowest BCUT2D eigenvalue weighted by atomic mass is 9.96. The van der Waals surface area contributed by atoms with Gasteiger partial charge >= 0.3 is 6.03 Å². The first-order valence-corrected chi connectivity index (χ1v) is 6.91. The van der Waals surface area contributed by atoms with E-state index in [0.29, 0.717) is 6.54 Å². The smallest absolute Gasteiger partial charge is 0.315 e. The van der Waals surface area contributed by atoms with E-state index in [4.69, 9.17) is 0 Å². The quantitative estimate of drug-likeness (QED) is 0.789. The molecule has 0 aliphatic carbocycles. The Balaban J connectivity index is 1.81. The summed E-state index contributed by atoms with van der Waals surface area (Å²) < 4.78 is 0. The summed E-state index contributed by atoms with van der Waals surface area (Å²) in [6.07, 6.45) is 0. The minimum Gasteiger partial charge on any atom is -0.384 e. The number of amides is 2. The largest absolute Gasteiger partial charge is 0.384 e.